The lowest BCUT2D eigenvalue weighted by Gasteiger charge is -2.07. The second-order valence-corrected chi connectivity index (χ2v) is 4.35. The van der Waals surface area contributed by atoms with Crippen LogP contribution < -0.4 is 0 Å². The highest BCUT2D eigenvalue weighted by Crippen LogP contribution is 2.12. The summed E-state index contributed by atoms with van der Waals surface area (Å²) in [5.41, 5.74) is 0. The Labute approximate surface area is 109 Å². The first-order valence-corrected chi connectivity index (χ1v) is 6.51. The fourth-order valence-electron chi connectivity index (χ4n) is 1.22. The number of epoxide rings is 2. The molecule has 2 saturated heterocycles. The van der Waals surface area contributed by atoms with Crippen molar-refractivity contribution < 1.29 is 24.1 Å². The molecule has 106 valence electrons. The van der Waals surface area contributed by atoms with Crippen molar-refractivity contribution in [2.75, 3.05) is 26.4 Å². The minimum atomic E-state index is -0.651. The van der Waals surface area contributed by atoms with E-state index >= 15 is 0 Å². The topological polar surface area (TPSA) is 63.8 Å². The molecule has 0 aromatic rings. The Kier molecular flexibility index (Phi) is 8.00. The second-order valence-electron chi connectivity index (χ2n) is 4.35. The van der Waals surface area contributed by atoms with Gasteiger partial charge in [0.1, 0.15) is 12.2 Å². The van der Waals surface area contributed by atoms with Gasteiger partial charge in [-0.15, -0.1) is 0 Å². The maximum atomic E-state index is 8.89. The zero-order valence-electron chi connectivity index (χ0n) is 11.0. The summed E-state index contributed by atoms with van der Waals surface area (Å²) in [5, 5.41) is 8.89. The molecule has 2 fully saturated rings. The zero-order valence-corrected chi connectivity index (χ0v) is 11.0. The quantitative estimate of drug-likeness (QED) is 0.386. The Morgan fingerprint density at radius 1 is 1.33 bits per heavy atom. The number of rotatable bonds is 9. The first kappa shape index (κ1) is 15.4. The van der Waals surface area contributed by atoms with Crippen LogP contribution in [0.5, 0.6) is 0 Å². The highest BCUT2D eigenvalue weighted by molar-refractivity contribution is 4.71. The first-order valence-electron chi connectivity index (χ1n) is 6.51. The van der Waals surface area contributed by atoms with Gasteiger partial charge in [0.05, 0.1) is 32.7 Å². The van der Waals surface area contributed by atoms with E-state index < -0.39 is 6.29 Å². The summed E-state index contributed by atoms with van der Waals surface area (Å²) >= 11 is 0. The van der Waals surface area contributed by atoms with Crippen LogP contribution in [-0.4, -0.2) is 50.0 Å². The number of unbranched alkanes of at least 4 members (excludes halogenated alkanes) is 1. The highest BCUT2D eigenvalue weighted by Gasteiger charge is 2.26. The molecule has 2 aliphatic heterocycles. The van der Waals surface area contributed by atoms with E-state index in [1.54, 1.807) is 0 Å². The van der Waals surface area contributed by atoms with Crippen molar-refractivity contribution in [2.45, 2.75) is 44.7 Å². The first-order chi connectivity index (χ1) is 8.76. The predicted molar refractivity (Wildman–Crippen MR) is 67.1 cm³/mol. The average molecular weight is 260 g/mol. The lowest BCUT2D eigenvalue weighted by Crippen LogP contribution is -2.06. The molecule has 5 heteroatoms. The average Bonchev–Trinajstić information content (AvgIpc) is 3.21. The molecule has 1 N–H and O–H groups in total. The fourth-order valence-corrected chi connectivity index (χ4v) is 1.22. The summed E-state index contributed by atoms with van der Waals surface area (Å²) in [5.74, 6) is 0. The summed E-state index contributed by atoms with van der Waals surface area (Å²) < 4.78 is 19.8. The lowest BCUT2D eigenvalue weighted by molar-refractivity contribution is -0.0567. The van der Waals surface area contributed by atoms with Crippen LogP contribution in [-0.2, 0) is 18.9 Å². The van der Waals surface area contributed by atoms with Gasteiger partial charge >= 0.3 is 0 Å². The SMILES string of the molecule is C(OCC1CO1)C1CO1.C=COC(O)CCCC. The highest BCUT2D eigenvalue weighted by atomic mass is 16.6. The Morgan fingerprint density at radius 3 is 2.28 bits per heavy atom. The summed E-state index contributed by atoms with van der Waals surface area (Å²) in [6, 6.07) is 0. The van der Waals surface area contributed by atoms with E-state index in [1.165, 1.54) is 6.26 Å². The molecule has 0 amide bonds. The number of hydrogen-bond donors (Lipinski definition) is 1. The number of aliphatic hydroxyl groups is 1. The van der Waals surface area contributed by atoms with Crippen LogP contribution >= 0.6 is 0 Å². The van der Waals surface area contributed by atoms with Crippen molar-refractivity contribution in [3.8, 4) is 0 Å². The van der Waals surface area contributed by atoms with Gasteiger partial charge in [-0.25, -0.2) is 0 Å². The molecule has 2 heterocycles. The van der Waals surface area contributed by atoms with Gasteiger partial charge in [-0.05, 0) is 6.42 Å². The molecule has 0 radical (unpaired) electrons. The maximum Gasteiger partial charge on any atom is 0.196 e. The zero-order chi connectivity index (χ0) is 13.2. The lowest BCUT2D eigenvalue weighted by atomic mass is 10.2. The molecule has 0 aromatic heterocycles. The number of ether oxygens (including phenoxy) is 4. The van der Waals surface area contributed by atoms with E-state index in [1.807, 2.05) is 0 Å². The van der Waals surface area contributed by atoms with Crippen LogP contribution in [0.15, 0.2) is 12.8 Å². The molecular formula is C13H24O5. The van der Waals surface area contributed by atoms with E-state index in [-0.39, 0.29) is 0 Å². The van der Waals surface area contributed by atoms with Gasteiger partial charge in [-0.1, -0.05) is 19.9 Å². The molecule has 2 aliphatic rings. The Balaban J connectivity index is 0.000000180. The Bertz CT molecular complexity index is 201. The predicted octanol–water partition coefficient (Wildman–Crippen LogP) is 1.46. The molecule has 0 bridgehead atoms. The van der Waals surface area contributed by atoms with E-state index in [0.29, 0.717) is 18.6 Å². The van der Waals surface area contributed by atoms with Gasteiger partial charge in [0.25, 0.3) is 0 Å². The third kappa shape index (κ3) is 9.41. The van der Waals surface area contributed by atoms with E-state index in [9.17, 15) is 0 Å². The molecule has 2 rings (SSSR count). The molecule has 0 aromatic carbocycles. The fraction of sp³-hybridized carbons (Fsp3) is 0.846. The van der Waals surface area contributed by atoms with Gasteiger partial charge < -0.3 is 24.1 Å². The van der Waals surface area contributed by atoms with Crippen molar-refractivity contribution >= 4 is 0 Å². The van der Waals surface area contributed by atoms with Crippen LogP contribution in [0.4, 0.5) is 0 Å². The molecule has 18 heavy (non-hydrogen) atoms. The molecule has 5 nitrogen and oxygen atoms in total. The second kappa shape index (κ2) is 9.33. The molecule has 3 atom stereocenters. The van der Waals surface area contributed by atoms with Crippen LogP contribution in [0.3, 0.4) is 0 Å². The summed E-state index contributed by atoms with van der Waals surface area (Å²) in [6.45, 7) is 8.66. The van der Waals surface area contributed by atoms with Gasteiger partial charge in [-0.2, -0.15) is 0 Å². The third-order valence-electron chi connectivity index (χ3n) is 2.47. The summed E-state index contributed by atoms with van der Waals surface area (Å²) in [7, 11) is 0. The molecule has 0 saturated carbocycles. The molecule has 0 spiro atoms. The molecule has 0 aliphatic carbocycles. The van der Waals surface area contributed by atoms with Crippen molar-refractivity contribution in [1.29, 1.82) is 0 Å². The minimum Gasteiger partial charge on any atom is -0.473 e. The van der Waals surface area contributed by atoms with Crippen LogP contribution in [0.25, 0.3) is 0 Å². The van der Waals surface area contributed by atoms with Gasteiger partial charge in [0.2, 0.25) is 0 Å². The Hall–Kier alpha value is -0.620. The van der Waals surface area contributed by atoms with Crippen molar-refractivity contribution in [3.05, 3.63) is 12.8 Å². The van der Waals surface area contributed by atoms with Crippen molar-refractivity contribution in [3.63, 3.8) is 0 Å². The van der Waals surface area contributed by atoms with Crippen LogP contribution in [0.1, 0.15) is 26.2 Å². The van der Waals surface area contributed by atoms with E-state index in [2.05, 4.69) is 18.2 Å². The normalized spacial score (nSPS) is 25.7. The Morgan fingerprint density at radius 2 is 1.89 bits per heavy atom. The van der Waals surface area contributed by atoms with Crippen LogP contribution in [0.2, 0.25) is 0 Å². The van der Waals surface area contributed by atoms with Crippen molar-refractivity contribution in [2.24, 2.45) is 0 Å². The van der Waals surface area contributed by atoms with Gasteiger partial charge in [0.15, 0.2) is 6.29 Å². The standard InChI is InChI=1S/C7H14O2.C6H10O3/c1-3-5-6-7(8)9-4-2;1(5-3-8-5)7-2-6-4-9-6/h4,7-8H,2-3,5-6H2,1H3;5-6H,1-4H2. The smallest absolute Gasteiger partial charge is 0.196 e. The minimum absolute atomic E-state index is 0.392. The monoisotopic (exact) mass is 260 g/mol. The van der Waals surface area contributed by atoms with Crippen LogP contribution in [0, 0.1) is 0 Å². The van der Waals surface area contributed by atoms with E-state index in [4.69, 9.17) is 19.3 Å². The van der Waals surface area contributed by atoms with E-state index in [0.717, 1.165) is 39.3 Å². The van der Waals surface area contributed by atoms with Gasteiger partial charge in [-0.3, -0.25) is 0 Å². The third-order valence-corrected chi connectivity index (χ3v) is 2.47. The summed E-state index contributed by atoms with van der Waals surface area (Å²) in [4.78, 5) is 0. The maximum absolute atomic E-state index is 8.89. The molecular weight excluding hydrogens is 236 g/mol. The van der Waals surface area contributed by atoms with Crippen molar-refractivity contribution in [1.82, 2.24) is 0 Å². The number of aliphatic hydroxyl groups excluding tert-OH is 1. The van der Waals surface area contributed by atoms with Gasteiger partial charge in [0, 0.05) is 6.42 Å². The largest absolute Gasteiger partial charge is 0.473 e. The summed E-state index contributed by atoms with van der Waals surface area (Å²) in [6.07, 6.45) is 4.17. The molecule has 3 unspecified atom stereocenters. The number of hydrogen-bond acceptors (Lipinski definition) is 5.